The van der Waals surface area contributed by atoms with Gasteiger partial charge in [-0.1, -0.05) is 59.0 Å². The molecular weight excluding hydrogens is 410 g/mol. The smallest absolute Gasteiger partial charge is 0.295 e. The lowest BCUT2D eigenvalue weighted by molar-refractivity contribution is -0.115. The lowest BCUT2D eigenvalue weighted by Crippen LogP contribution is -2.22. The first-order chi connectivity index (χ1) is 13.5. The predicted octanol–water partition coefficient (Wildman–Crippen LogP) is 5.60. The van der Waals surface area contributed by atoms with E-state index in [9.17, 15) is 4.79 Å². The maximum absolute atomic E-state index is 12.7. The molecule has 0 aliphatic heterocycles. The van der Waals surface area contributed by atoms with E-state index >= 15 is 0 Å². The predicted molar refractivity (Wildman–Crippen MR) is 117 cm³/mol. The van der Waals surface area contributed by atoms with Crippen LogP contribution in [0.4, 0.5) is 5.69 Å². The topological polar surface area (TPSA) is 64.1 Å². The first kappa shape index (κ1) is 20.7. The van der Waals surface area contributed by atoms with Crippen molar-refractivity contribution in [3.8, 4) is 5.19 Å². The Bertz CT molecular complexity index is 916. The lowest BCUT2D eigenvalue weighted by Gasteiger charge is -2.13. The van der Waals surface area contributed by atoms with Gasteiger partial charge < -0.3 is 10.1 Å². The van der Waals surface area contributed by atoms with E-state index in [1.807, 2.05) is 75.4 Å². The zero-order valence-electron chi connectivity index (χ0n) is 15.8. The molecule has 0 radical (unpaired) electrons. The number of anilines is 1. The summed E-state index contributed by atoms with van der Waals surface area (Å²) in [5.41, 5.74) is 0.801. The van der Waals surface area contributed by atoms with E-state index in [2.05, 4.69) is 15.5 Å². The number of ether oxygens (including phenoxy) is 1. The Morgan fingerprint density at radius 3 is 2.50 bits per heavy atom. The van der Waals surface area contributed by atoms with E-state index in [-0.39, 0.29) is 17.3 Å². The van der Waals surface area contributed by atoms with Crippen LogP contribution in [0.2, 0.25) is 0 Å². The molecule has 0 bridgehead atoms. The number of carbonyl (C=O) groups excluding carboxylic acids is 1. The molecule has 1 amide bonds. The van der Waals surface area contributed by atoms with Gasteiger partial charge >= 0.3 is 0 Å². The molecule has 146 valence electrons. The van der Waals surface area contributed by atoms with Crippen molar-refractivity contribution in [3.05, 3.63) is 54.6 Å². The molecule has 1 atom stereocenters. The van der Waals surface area contributed by atoms with Gasteiger partial charge in [0.2, 0.25) is 5.91 Å². The lowest BCUT2D eigenvalue weighted by atomic mass is 10.3. The molecule has 1 N–H and O–H groups in total. The van der Waals surface area contributed by atoms with Crippen LogP contribution in [0.1, 0.15) is 20.8 Å². The van der Waals surface area contributed by atoms with Gasteiger partial charge in [-0.25, -0.2) is 0 Å². The highest BCUT2D eigenvalue weighted by Gasteiger charge is 2.19. The summed E-state index contributed by atoms with van der Waals surface area (Å²) in [7, 11) is 0. The second kappa shape index (κ2) is 9.95. The normalized spacial score (nSPS) is 12.0. The highest BCUT2D eigenvalue weighted by atomic mass is 32.2. The Balaban J connectivity index is 1.63. The molecule has 3 rings (SSSR count). The molecule has 8 heteroatoms. The second-order valence-corrected chi connectivity index (χ2v) is 9.80. The fourth-order valence-electron chi connectivity index (χ4n) is 2.21. The number of carbonyl (C=O) groups is 1. The molecule has 0 saturated carbocycles. The minimum Gasteiger partial charge on any atom is -0.466 e. The molecule has 28 heavy (non-hydrogen) atoms. The SMILES string of the molecule is CC(C)Oc1nnc(SC(C)C(=O)Nc2ccccc2Sc2ccccc2)s1. The van der Waals surface area contributed by atoms with E-state index in [0.29, 0.717) is 9.53 Å². The molecule has 1 heterocycles. The van der Waals surface area contributed by atoms with E-state index in [4.69, 9.17) is 4.74 Å². The first-order valence-electron chi connectivity index (χ1n) is 8.81. The van der Waals surface area contributed by atoms with Crippen LogP contribution in [0.15, 0.2) is 68.7 Å². The van der Waals surface area contributed by atoms with Crippen LogP contribution >= 0.6 is 34.9 Å². The summed E-state index contributed by atoms with van der Waals surface area (Å²) in [6.45, 7) is 5.74. The number of thioether (sulfide) groups is 1. The van der Waals surface area contributed by atoms with E-state index in [1.165, 1.54) is 23.1 Å². The van der Waals surface area contributed by atoms with Gasteiger partial charge in [0.1, 0.15) is 0 Å². The third-order valence-electron chi connectivity index (χ3n) is 3.49. The summed E-state index contributed by atoms with van der Waals surface area (Å²) >= 11 is 4.35. The van der Waals surface area contributed by atoms with Gasteiger partial charge in [0.25, 0.3) is 5.19 Å². The van der Waals surface area contributed by atoms with Gasteiger partial charge in [-0.2, -0.15) is 0 Å². The number of benzene rings is 2. The van der Waals surface area contributed by atoms with Crippen molar-refractivity contribution < 1.29 is 9.53 Å². The van der Waals surface area contributed by atoms with Crippen LogP contribution in [0.5, 0.6) is 5.19 Å². The third-order valence-corrected chi connectivity index (χ3v) is 6.57. The second-order valence-electron chi connectivity index (χ2n) is 6.16. The highest BCUT2D eigenvalue weighted by molar-refractivity contribution is 8.02. The monoisotopic (exact) mass is 431 g/mol. The summed E-state index contributed by atoms with van der Waals surface area (Å²) in [5, 5.41) is 11.3. The van der Waals surface area contributed by atoms with Crippen molar-refractivity contribution in [1.82, 2.24) is 10.2 Å². The van der Waals surface area contributed by atoms with Gasteiger partial charge in [0.05, 0.1) is 17.0 Å². The standard InChI is InChI=1S/C20H21N3O2S3/c1-13(2)25-19-22-23-20(28-19)26-14(3)18(24)21-16-11-7-8-12-17(16)27-15-9-5-4-6-10-15/h4-14H,1-3H3,(H,21,24). The quantitative estimate of drug-likeness (QED) is 0.469. The number of hydrogen-bond acceptors (Lipinski definition) is 7. The average Bonchev–Trinajstić information content (AvgIpc) is 3.10. The Kier molecular flexibility index (Phi) is 7.36. The van der Waals surface area contributed by atoms with Crippen LogP contribution in [-0.2, 0) is 4.79 Å². The Morgan fingerprint density at radius 2 is 1.75 bits per heavy atom. The fraction of sp³-hybridized carbons (Fsp3) is 0.250. The summed E-state index contributed by atoms with van der Waals surface area (Å²) in [6.07, 6.45) is 0.0464. The van der Waals surface area contributed by atoms with Crippen LogP contribution in [0.3, 0.4) is 0 Å². The number of rotatable bonds is 8. The zero-order chi connectivity index (χ0) is 19.9. The van der Waals surface area contributed by atoms with Crippen LogP contribution < -0.4 is 10.1 Å². The fourth-order valence-corrected chi connectivity index (χ4v) is 5.08. The van der Waals surface area contributed by atoms with Crippen LogP contribution in [0.25, 0.3) is 0 Å². The number of amides is 1. The molecule has 0 aliphatic rings. The molecule has 0 saturated heterocycles. The van der Waals surface area contributed by atoms with Crippen molar-refractivity contribution >= 4 is 46.5 Å². The minimum atomic E-state index is -0.311. The average molecular weight is 432 g/mol. The molecular formula is C20H21N3O2S3. The van der Waals surface area contributed by atoms with Gasteiger partial charge in [0.15, 0.2) is 4.34 Å². The summed E-state index contributed by atoms with van der Waals surface area (Å²) in [5.74, 6) is -0.0763. The summed E-state index contributed by atoms with van der Waals surface area (Å²) < 4.78 is 6.25. The zero-order valence-corrected chi connectivity index (χ0v) is 18.2. The summed E-state index contributed by atoms with van der Waals surface area (Å²) in [4.78, 5) is 14.8. The molecule has 0 aliphatic carbocycles. The Hall–Kier alpha value is -2.03. The number of aromatic nitrogens is 2. The largest absolute Gasteiger partial charge is 0.466 e. The van der Waals surface area contributed by atoms with Gasteiger partial charge in [-0.05, 0) is 56.4 Å². The van der Waals surface area contributed by atoms with Crippen LogP contribution in [-0.4, -0.2) is 27.5 Å². The molecule has 0 spiro atoms. The van der Waals surface area contributed by atoms with Crippen molar-refractivity contribution in [2.45, 2.75) is 46.3 Å². The van der Waals surface area contributed by atoms with Crippen molar-refractivity contribution in [2.75, 3.05) is 5.32 Å². The van der Waals surface area contributed by atoms with Gasteiger partial charge in [0, 0.05) is 9.79 Å². The molecule has 2 aromatic carbocycles. The third kappa shape index (κ3) is 5.98. The molecule has 1 unspecified atom stereocenters. The number of nitrogens with zero attached hydrogens (tertiary/aromatic N) is 2. The Morgan fingerprint density at radius 1 is 1.04 bits per heavy atom. The van der Waals surface area contributed by atoms with E-state index in [1.54, 1.807) is 11.8 Å². The van der Waals surface area contributed by atoms with Crippen LogP contribution in [0, 0.1) is 0 Å². The van der Waals surface area contributed by atoms with E-state index < -0.39 is 0 Å². The molecule has 1 aromatic heterocycles. The maximum Gasteiger partial charge on any atom is 0.295 e. The molecule has 0 fully saturated rings. The maximum atomic E-state index is 12.7. The van der Waals surface area contributed by atoms with E-state index in [0.717, 1.165) is 15.5 Å². The van der Waals surface area contributed by atoms with Gasteiger partial charge in [-0.15, -0.1) is 5.10 Å². The van der Waals surface area contributed by atoms with Crippen molar-refractivity contribution in [3.63, 3.8) is 0 Å². The van der Waals surface area contributed by atoms with Crippen molar-refractivity contribution in [2.24, 2.45) is 0 Å². The van der Waals surface area contributed by atoms with Crippen molar-refractivity contribution in [1.29, 1.82) is 0 Å². The number of hydrogen-bond donors (Lipinski definition) is 1. The minimum absolute atomic E-state index is 0.0464. The first-order valence-corrected chi connectivity index (χ1v) is 11.3. The number of para-hydroxylation sites is 1. The van der Waals surface area contributed by atoms with Gasteiger partial charge in [-0.3, -0.25) is 4.79 Å². The Labute approximate surface area is 177 Å². The summed E-state index contributed by atoms with van der Waals surface area (Å²) in [6, 6.07) is 17.9. The highest BCUT2D eigenvalue weighted by Crippen LogP contribution is 2.34. The molecule has 5 nitrogen and oxygen atoms in total. The molecule has 3 aromatic rings. The number of nitrogens with one attached hydrogen (secondary N) is 1.